The van der Waals surface area contributed by atoms with Crippen molar-refractivity contribution < 1.29 is 22.7 Å². The Morgan fingerprint density at radius 2 is 1.65 bits per heavy atom. The van der Waals surface area contributed by atoms with Crippen molar-refractivity contribution in [2.75, 3.05) is 16.9 Å². The fourth-order valence-electron chi connectivity index (χ4n) is 2.68. The van der Waals surface area contributed by atoms with E-state index in [-0.39, 0.29) is 27.8 Å². The molecule has 0 aromatic heterocycles. The monoisotopic (exact) mass is 458 g/mol. The van der Waals surface area contributed by atoms with Gasteiger partial charge in [-0.25, -0.2) is 13.2 Å². The lowest BCUT2D eigenvalue weighted by Crippen LogP contribution is -2.16. The van der Waals surface area contributed by atoms with E-state index in [0.29, 0.717) is 5.69 Å². The standard InChI is InChI=1S/C22H19ClN2O5S/c1-31(28,29)20-9-5-8-18(13-20)24-21(26)16-10-17(23)12-19(11-16)25-22(27)30-14-15-6-3-2-4-7-15/h2-13H,14H2,1H3,(H,24,26)(H,25,27). The number of amides is 2. The van der Waals surface area contributed by atoms with Crippen molar-refractivity contribution in [3.8, 4) is 0 Å². The zero-order valence-electron chi connectivity index (χ0n) is 16.5. The summed E-state index contributed by atoms with van der Waals surface area (Å²) in [5, 5.41) is 5.39. The van der Waals surface area contributed by atoms with Crippen molar-refractivity contribution >= 4 is 44.8 Å². The van der Waals surface area contributed by atoms with Crippen molar-refractivity contribution in [2.45, 2.75) is 11.5 Å². The third-order valence-electron chi connectivity index (χ3n) is 4.14. The Balaban J connectivity index is 1.68. The van der Waals surface area contributed by atoms with Crippen LogP contribution in [0.25, 0.3) is 0 Å². The molecule has 0 aliphatic heterocycles. The molecule has 0 bridgehead atoms. The summed E-state index contributed by atoms with van der Waals surface area (Å²) in [6, 6.07) is 19.4. The van der Waals surface area contributed by atoms with Crippen LogP contribution in [0.1, 0.15) is 15.9 Å². The summed E-state index contributed by atoms with van der Waals surface area (Å²) in [6.45, 7) is 0.0945. The molecule has 0 spiro atoms. The molecule has 0 fully saturated rings. The molecule has 0 radical (unpaired) electrons. The minimum Gasteiger partial charge on any atom is -0.444 e. The number of nitrogens with one attached hydrogen (secondary N) is 2. The van der Waals surface area contributed by atoms with E-state index in [9.17, 15) is 18.0 Å². The van der Waals surface area contributed by atoms with Gasteiger partial charge in [-0.2, -0.15) is 0 Å². The molecule has 2 amide bonds. The Labute approximate surface area is 184 Å². The molecule has 31 heavy (non-hydrogen) atoms. The molecular weight excluding hydrogens is 440 g/mol. The number of carbonyl (C=O) groups excluding carboxylic acids is 2. The lowest BCUT2D eigenvalue weighted by Gasteiger charge is -2.10. The highest BCUT2D eigenvalue weighted by Crippen LogP contribution is 2.22. The molecule has 3 aromatic rings. The van der Waals surface area contributed by atoms with Gasteiger partial charge in [-0.15, -0.1) is 0 Å². The molecule has 0 aliphatic carbocycles. The van der Waals surface area contributed by atoms with Gasteiger partial charge in [0.2, 0.25) is 0 Å². The van der Waals surface area contributed by atoms with Crippen LogP contribution < -0.4 is 10.6 Å². The van der Waals surface area contributed by atoms with Gasteiger partial charge in [-0.1, -0.05) is 48.0 Å². The quantitative estimate of drug-likeness (QED) is 0.555. The Morgan fingerprint density at radius 3 is 2.35 bits per heavy atom. The summed E-state index contributed by atoms with van der Waals surface area (Å²) in [4.78, 5) is 24.8. The Morgan fingerprint density at radius 1 is 0.903 bits per heavy atom. The van der Waals surface area contributed by atoms with Crippen molar-refractivity contribution in [2.24, 2.45) is 0 Å². The maximum Gasteiger partial charge on any atom is 0.411 e. The lowest BCUT2D eigenvalue weighted by molar-refractivity contribution is 0.102. The smallest absolute Gasteiger partial charge is 0.411 e. The second-order valence-electron chi connectivity index (χ2n) is 6.67. The fraction of sp³-hybridized carbons (Fsp3) is 0.0909. The largest absolute Gasteiger partial charge is 0.444 e. The normalized spacial score (nSPS) is 10.9. The lowest BCUT2D eigenvalue weighted by atomic mass is 10.2. The van der Waals surface area contributed by atoms with Gasteiger partial charge < -0.3 is 10.1 Å². The molecule has 0 atom stereocenters. The summed E-state index contributed by atoms with van der Waals surface area (Å²) in [7, 11) is -3.41. The average molecular weight is 459 g/mol. The first kappa shape index (κ1) is 22.3. The van der Waals surface area contributed by atoms with Crippen LogP contribution in [0.2, 0.25) is 5.02 Å². The number of ether oxygens (including phenoxy) is 1. The number of anilines is 2. The van der Waals surface area contributed by atoms with Gasteiger partial charge in [0.15, 0.2) is 9.84 Å². The van der Waals surface area contributed by atoms with E-state index in [1.165, 1.54) is 36.4 Å². The number of benzene rings is 3. The molecule has 160 valence electrons. The minimum absolute atomic E-state index is 0.0833. The van der Waals surface area contributed by atoms with Gasteiger partial charge in [0.1, 0.15) is 6.61 Å². The zero-order valence-corrected chi connectivity index (χ0v) is 18.0. The van der Waals surface area contributed by atoms with Gasteiger partial charge in [0.05, 0.1) is 4.90 Å². The highest BCUT2D eigenvalue weighted by Gasteiger charge is 2.13. The number of sulfone groups is 1. The average Bonchev–Trinajstić information content (AvgIpc) is 2.72. The van der Waals surface area contributed by atoms with E-state index in [4.69, 9.17) is 16.3 Å². The van der Waals surface area contributed by atoms with Crippen LogP contribution in [0.3, 0.4) is 0 Å². The van der Waals surface area contributed by atoms with Crippen molar-refractivity contribution in [1.29, 1.82) is 0 Å². The molecule has 9 heteroatoms. The Bertz CT molecular complexity index is 1210. The fourth-order valence-corrected chi connectivity index (χ4v) is 3.58. The van der Waals surface area contributed by atoms with Crippen LogP contribution in [0, 0.1) is 0 Å². The first-order valence-electron chi connectivity index (χ1n) is 9.10. The SMILES string of the molecule is CS(=O)(=O)c1cccc(NC(=O)c2cc(Cl)cc(NC(=O)OCc3ccccc3)c2)c1. The summed E-state index contributed by atoms with van der Waals surface area (Å²) in [5.74, 6) is -0.520. The van der Waals surface area contributed by atoms with E-state index in [0.717, 1.165) is 11.8 Å². The molecule has 3 aromatic carbocycles. The second-order valence-corrected chi connectivity index (χ2v) is 9.12. The van der Waals surface area contributed by atoms with Crippen LogP contribution in [0.5, 0.6) is 0 Å². The van der Waals surface area contributed by atoms with Gasteiger partial charge in [0.25, 0.3) is 5.91 Å². The van der Waals surface area contributed by atoms with E-state index in [1.54, 1.807) is 6.07 Å². The van der Waals surface area contributed by atoms with Crippen molar-refractivity contribution in [1.82, 2.24) is 0 Å². The Kier molecular flexibility index (Phi) is 6.94. The van der Waals surface area contributed by atoms with Gasteiger partial charge in [-0.05, 0) is 42.0 Å². The predicted molar refractivity (Wildman–Crippen MR) is 119 cm³/mol. The van der Waals surface area contributed by atoms with Crippen LogP contribution in [-0.2, 0) is 21.2 Å². The van der Waals surface area contributed by atoms with Crippen LogP contribution in [0.4, 0.5) is 16.2 Å². The summed E-state index contributed by atoms with van der Waals surface area (Å²) in [6.07, 6.45) is 0.387. The minimum atomic E-state index is -3.41. The molecule has 0 saturated heterocycles. The maximum atomic E-state index is 12.6. The number of hydrogen-bond donors (Lipinski definition) is 2. The molecule has 7 nitrogen and oxygen atoms in total. The van der Waals surface area contributed by atoms with Crippen LogP contribution in [0.15, 0.2) is 77.7 Å². The van der Waals surface area contributed by atoms with E-state index >= 15 is 0 Å². The molecule has 0 aliphatic rings. The second kappa shape index (κ2) is 9.63. The molecule has 2 N–H and O–H groups in total. The predicted octanol–water partition coefficient (Wildman–Crippen LogP) is 4.74. The number of rotatable bonds is 6. The van der Waals surface area contributed by atoms with E-state index in [2.05, 4.69) is 10.6 Å². The maximum absolute atomic E-state index is 12.6. The first-order chi connectivity index (χ1) is 14.7. The molecule has 0 heterocycles. The highest BCUT2D eigenvalue weighted by atomic mass is 35.5. The first-order valence-corrected chi connectivity index (χ1v) is 11.4. The highest BCUT2D eigenvalue weighted by molar-refractivity contribution is 7.90. The molecule has 0 unspecified atom stereocenters. The summed E-state index contributed by atoms with van der Waals surface area (Å²) < 4.78 is 28.6. The third kappa shape index (κ3) is 6.56. The topological polar surface area (TPSA) is 102 Å². The van der Waals surface area contributed by atoms with Gasteiger partial charge in [-0.3, -0.25) is 10.1 Å². The Hall–Kier alpha value is -3.36. The molecule has 3 rings (SSSR count). The summed E-state index contributed by atoms with van der Waals surface area (Å²) >= 11 is 6.09. The molecule has 0 saturated carbocycles. The molecular formula is C22H19ClN2O5S. The van der Waals surface area contributed by atoms with Crippen molar-refractivity contribution in [3.05, 3.63) is 88.9 Å². The number of halogens is 1. The van der Waals surface area contributed by atoms with Gasteiger partial charge >= 0.3 is 6.09 Å². The van der Waals surface area contributed by atoms with Crippen LogP contribution >= 0.6 is 11.6 Å². The number of hydrogen-bond acceptors (Lipinski definition) is 5. The third-order valence-corrected chi connectivity index (χ3v) is 5.47. The zero-order chi connectivity index (χ0) is 22.4. The van der Waals surface area contributed by atoms with Crippen molar-refractivity contribution in [3.63, 3.8) is 0 Å². The van der Waals surface area contributed by atoms with Gasteiger partial charge in [0, 0.05) is 28.2 Å². The van der Waals surface area contributed by atoms with E-state index in [1.807, 2.05) is 30.3 Å². The van der Waals surface area contributed by atoms with Crippen LogP contribution in [-0.4, -0.2) is 26.7 Å². The summed E-state index contributed by atoms with van der Waals surface area (Å²) in [5.41, 5.74) is 1.60. The van der Waals surface area contributed by atoms with E-state index < -0.39 is 21.8 Å². The number of carbonyl (C=O) groups is 2.